The maximum absolute atomic E-state index is 13.5. The van der Waals surface area contributed by atoms with Crippen LogP contribution in [0, 0.1) is 12.8 Å². The average molecular weight is 533 g/mol. The fraction of sp³-hybridized carbons (Fsp3) is 0.276. The number of anilines is 1. The van der Waals surface area contributed by atoms with Gasteiger partial charge in [0.15, 0.2) is 0 Å². The fourth-order valence-corrected chi connectivity index (χ4v) is 5.92. The van der Waals surface area contributed by atoms with Crippen molar-refractivity contribution in [2.24, 2.45) is 10.9 Å². The van der Waals surface area contributed by atoms with Gasteiger partial charge in [0.25, 0.3) is 5.91 Å². The molecule has 0 saturated heterocycles. The van der Waals surface area contributed by atoms with Gasteiger partial charge in [0.2, 0.25) is 22.1 Å². The van der Waals surface area contributed by atoms with Crippen LogP contribution in [0.25, 0.3) is 0 Å². The number of sulfonamides is 1. The van der Waals surface area contributed by atoms with E-state index in [1.54, 1.807) is 32.2 Å². The molecule has 1 aliphatic rings. The van der Waals surface area contributed by atoms with Gasteiger partial charge in [-0.25, -0.2) is 13.4 Å². The summed E-state index contributed by atoms with van der Waals surface area (Å²) in [6.07, 6.45) is -1.00. The van der Waals surface area contributed by atoms with Crippen LogP contribution in [0.3, 0.4) is 0 Å². The minimum atomic E-state index is -3.99. The molecule has 1 aliphatic heterocycles. The number of aryl methyl sites for hydroxylation is 1. The van der Waals surface area contributed by atoms with E-state index in [0.29, 0.717) is 17.0 Å². The molecule has 0 saturated carbocycles. The molecule has 8 nitrogen and oxygen atoms in total. The van der Waals surface area contributed by atoms with Gasteiger partial charge < -0.3 is 10.2 Å². The average Bonchev–Trinajstić information content (AvgIpc) is 2.99. The van der Waals surface area contributed by atoms with E-state index in [0.717, 1.165) is 11.1 Å². The van der Waals surface area contributed by atoms with Gasteiger partial charge in [-0.05, 0) is 37.0 Å². The molecule has 3 aromatic carbocycles. The van der Waals surface area contributed by atoms with Crippen LogP contribution in [-0.4, -0.2) is 45.2 Å². The molecule has 2 amide bonds. The highest BCUT2D eigenvalue weighted by Gasteiger charge is 2.34. The lowest BCUT2D eigenvalue weighted by molar-refractivity contribution is -0.128. The standard InChI is InChI=1S/C29H32N4O4S/c1-19(2)18-23(32-38(36,37)25-17-11-8-12-20(25)3)28(34)31-27-29(35)33(4)24-16-10-9-15-22(24)26(30-27)21-13-6-5-7-14-21/h5-17,19,23,27,32H,18H2,1-4H3,(H,31,34). The van der Waals surface area contributed by atoms with E-state index < -0.39 is 34.0 Å². The Balaban J connectivity index is 1.69. The second-order valence-electron chi connectivity index (χ2n) is 9.74. The molecule has 0 fully saturated rings. The zero-order valence-electron chi connectivity index (χ0n) is 21.9. The molecular weight excluding hydrogens is 500 g/mol. The first-order valence-corrected chi connectivity index (χ1v) is 14.0. The number of rotatable bonds is 8. The summed E-state index contributed by atoms with van der Waals surface area (Å²) in [7, 11) is -2.36. The highest BCUT2D eigenvalue weighted by Crippen LogP contribution is 2.27. The van der Waals surface area contributed by atoms with Gasteiger partial charge in [-0.2, -0.15) is 4.72 Å². The molecular formula is C29H32N4O4S. The van der Waals surface area contributed by atoms with Crippen molar-refractivity contribution in [3.05, 3.63) is 95.6 Å². The minimum Gasteiger partial charge on any atom is -0.325 e. The Morgan fingerprint density at radius 2 is 1.61 bits per heavy atom. The normalized spacial score (nSPS) is 16.4. The number of carbonyl (C=O) groups is 2. The number of nitrogens with one attached hydrogen (secondary N) is 2. The molecule has 1 heterocycles. The van der Waals surface area contributed by atoms with Crippen molar-refractivity contribution in [1.29, 1.82) is 0 Å². The van der Waals surface area contributed by atoms with E-state index >= 15 is 0 Å². The van der Waals surface area contributed by atoms with Gasteiger partial charge in [-0.15, -0.1) is 0 Å². The van der Waals surface area contributed by atoms with E-state index in [9.17, 15) is 18.0 Å². The third-order valence-corrected chi connectivity index (χ3v) is 8.01. The third kappa shape index (κ3) is 5.84. The van der Waals surface area contributed by atoms with E-state index in [1.807, 2.05) is 68.4 Å². The lowest BCUT2D eigenvalue weighted by Crippen LogP contribution is -2.53. The highest BCUT2D eigenvalue weighted by molar-refractivity contribution is 7.89. The van der Waals surface area contributed by atoms with Crippen molar-refractivity contribution in [3.63, 3.8) is 0 Å². The predicted molar refractivity (Wildman–Crippen MR) is 149 cm³/mol. The molecule has 2 N–H and O–H groups in total. The van der Waals surface area contributed by atoms with Gasteiger partial charge in [0, 0.05) is 18.2 Å². The first-order chi connectivity index (χ1) is 18.1. The molecule has 0 aromatic heterocycles. The van der Waals surface area contributed by atoms with Crippen molar-refractivity contribution >= 4 is 33.2 Å². The summed E-state index contributed by atoms with van der Waals surface area (Å²) in [5.41, 5.74) is 3.34. The second kappa shape index (κ2) is 11.3. The number of para-hydroxylation sites is 1. The van der Waals surface area contributed by atoms with Crippen molar-refractivity contribution < 1.29 is 18.0 Å². The van der Waals surface area contributed by atoms with Crippen LogP contribution in [-0.2, 0) is 19.6 Å². The molecule has 2 atom stereocenters. The topological polar surface area (TPSA) is 108 Å². The van der Waals surface area contributed by atoms with Gasteiger partial charge in [-0.3, -0.25) is 9.59 Å². The van der Waals surface area contributed by atoms with Crippen LogP contribution in [0.5, 0.6) is 0 Å². The summed E-state index contributed by atoms with van der Waals surface area (Å²) in [6.45, 7) is 5.49. The number of likely N-dealkylation sites (N-methyl/N-ethyl adjacent to an activating group) is 1. The number of benzene rings is 3. The molecule has 0 bridgehead atoms. The lowest BCUT2D eigenvalue weighted by atomic mass is 10.0. The van der Waals surface area contributed by atoms with Crippen LogP contribution in [0.2, 0.25) is 0 Å². The molecule has 2 unspecified atom stereocenters. The maximum Gasteiger partial charge on any atom is 0.272 e. The van der Waals surface area contributed by atoms with Gasteiger partial charge in [0.1, 0.15) is 6.04 Å². The first-order valence-electron chi connectivity index (χ1n) is 12.5. The van der Waals surface area contributed by atoms with E-state index in [4.69, 9.17) is 4.99 Å². The molecule has 0 spiro atoms. The Hall–Kier alpha value is -3.82. The zero-order chi connectivity index (χ0) is 27.4. The van der Waals surface area contributed by atoms with Crippen LogP contribution in [0.15, 0.2) is 88.8 Å². The number of nitrogens with zero attached hydrogens (tertiary/aromatic N) is 2. The lowest BCUT2D eigenvalue weighted by Gasteiger charge is -2.24. The van der Waals surface area contributed by atoms with E-state index in [-0.39, 0.29) is 17.2 Å². The Kier molecular flexibility index (Phi) is 8.08. The molecule has 3 aromatic rings. The maximum atomic E-state index is 13.5. The zero-order valence-corrected chi connectivity index (χ0v) is 22.7. The largest absolute Gasteiger partial charge is 0.325 e. The number of benzodiazepines with no additional fused rings is 1. The molecule has 0 aliphatic carbocycles. The van der Waals surface area contributed by atoms with Gasteiger partial charge >= 0.3 is 0 Å². The first kappa shape index (κ1) is 27.2. The van der Waals surface area contributed by atoms with E-state index in [1.165, 1.54) is 11.0 Å². The summed E-state index contributed by atoms with van der Waals surface area (Å²) < 4.78 is 29.0. The summed E-state index contributed by atoms with van der Waals surface area (Å²) in [4.78, 5) is 33.3. The Morgan fingerprint density at radius 1 is 0.974 bits per heavy atom. The van der Waals surface area contributed by atoms with Gasteiger partial charge in [-0.1, -0.05) is 80.6 Å². The smallest absolute Gasteiger partial charge is 0.272 e. The van der Waals surface area contributed by atoms with Crippen molar-refractivity contribution in [3.8, 4) is 0 Å². The molecule has 4 rings (SSSR count). The minimum absolute atomic E-state index is 0.00506. The number of aliphatic imine (C=N–C) groups is 1. The monoisotopic (exact) mass is 532 g/mol. The molecule has 9 heteroatoms. The van der Waals surface area contributed by atoms with Crippen LogP contribution in [0.4, 0.5) is 5.69 Å². The van der Waals surface area contributed by atoms with Crippen molar-refractivity contribution in [1.82, 2.24) is 10.0 Å². The van der Waals surface area contributed by atoms with Crippen LogP contribution in [0.1, 0.15) is 37.0 Å². The SMILES string of the molecule is Cc1ccccc1S(=O)(=O)NC(CC(C)C)C(=O)NC1N=C(c2ccccc2)c2ccccc2N(C)C1=O. The summed E-state index contributed by atoms with van der Waals surface area (Å²) >= 11 is 0. The van der Waals surface area contributed by atoms with Gasteiger partial charge in [0.05, 0.1) is 16.3 Å². The number of fused-ring (bicyclic) bond motifs is 1. The number of hydrogen-bond donors (Lipinski definition) is 2. The number of hydrogen-bond acceptors (Lipinski definition) is 5. The Labute approximate surface area is 223 Å². The van der Waals surface area contributed by atoms with E-state index in [2.05, 4.69) is 10.0 Å². The second-order valence-corrected chi connectivity index (χ2v) is 11.4. The molecule has 38 heavy (non-hydrogen) atoms. The third-order valence-electron chi connectivity index (χ3n) is 6.37. The molecule has 0 radical (unpaired) electrons. The quantitative estimate of drug-likeness (QED) is 0.462. The summed E-state index contributed by atoms with van der Waals surface area (Å²) in [6, 6.07) is 22.3. The van der Waals surface area contributed by atoms with Crippen LogP contribution >= 0.6 is 0 Å². The highest BCUT2D eigenvalue weighted by atomic mass is 32.2. The van der Waals surface area contributed by atoms with Crippen LogP contribution < -0.4 is 14.9 Å². The summed E-state index contributed by atoms with van der Waals surface area (Å²) in [5.74, 6) is -1.04. The van der Waals surface area contributed by atoms with Crippen molar-refractivity contribution in [2.45, 2.75) is 44.3 Å². The Bertz CT molecular complexity index is 1470. The van der Waals surface area contributed by atoms with Crippen molar-refractivity contribution in [2.75, 3.05) is 11.9 Å². The molecule has 198 valence electrons. The predicted octanol–water partition coefficient (Wildman–Crippen LogP) is 3.64. The Morgan fingerprint density at radius 3 is 2.29 bits per heavy atom. The summed E-state index contributed by atoms with van der Waals surface area (Å²) in [5, 5.41) is 2.72. The fourth-order valence-electron chi connectivity index (χ4n) is 4.47. The number of amides is 2. The number of carbonyl (C=O) groups excluding carboxylic acids is 2.